The predicted octanol–water partition coefficient (Wildman–Crippen LogP) is 3.81. The van der Waals surface area contributed by atoms with E-state index in [9.17, 15) is 9.59 Å². The smallest absolute Gasteiger partial charge is 0.306 e. The number of benzene rings is 2. The van der Waals surface area contributed by atoms with Crippen LogP contribution in [0.4, 0.5) is 11.4 Å². The summed E-state index contributed by atoms with van der Waals surface area (Å²) in [6.45, 7) is 1.84. The van der Waals surface area contributed by atoms with Gasteiger partial charge in [-0.2, -0.15) is 0 Å². The van der Waals surface area contributed by atoms with Crippen LogP contribution in [0.5, 0.6) is 11.5 Å². The molecular weight excluding hydrogens is 396 g/mol. The highest BCUT2D eigenvalue weighted by atomic mass is 16.5. The van der Waals surface area contributed by atoms with Crippen molar-refractivity contribution in [1.82, 2.24) is 0 Å². The monoisotopic (exact) mass is 426 g/mol. The first kappa shape index (κ1) is 22.5. The third-order valence-corrected chi connectivity index (χ3v) is 5.30. The van der Waals surface area contributed by atoms with Gasteiger partial charge < -0.3 is 24.4 Å². The fourth-order valence-electron chi connectivity index (χ4n) is 3.61. The summed E-state index contributed by atoms with van der Waals surface area (Å²) in [6, 6.07) is 13.3. The molecule has 0 atom stereocenters. The molecule has 1 N–H and O–H groups in total. The Morgan fingerprint density at radius 1 is 0.935 bits per heavy atom. The lowest BCUT2D eigenvalue weighted by Gasteiger charge is -2.28. The molecule has 7 heteroatoms. The molecule has 1 aliphatic heterocycles. The number of aryl methyl sites for hydroxylation is 1. The molecule has 2 aromatic carbocycles. The van der Waals surface area contributed by atoms with Crippen molar-refractivity contribution in [2.24, 2.45) is 0 Å². The van der Waals surface area contributed by atoms with E-state index in [0.717, 1.165) is 18.7 Å². The molecule has 2 aromatic rings. The Bertz CT molecular complexity index is 876. The fourth-order valence-corrected chi connectivity index (χ4v) is 3.61. The number of rotatable bonds is 9. The first-order valence-electron chi connectivity index (χ1n) is 10.6. The van der Waals surface area contributed by atoms with Crippen molar-refractivity contribution >= 4 is 23.3 Å². The maximum absolute atomic E-state index is 12.1. The molecule has 0 saturated carbocycles. The van der Waals surface area contributed by atoms with Crippen LogP contribution < -0.4 is 19.7 Å². The number of carbonyl (C=O) groups is 2. The second-order valence-electron chi connectivity index (χ2n) is 7.49. The average Bonchev–Trinajstić information content (AvgIpc) is 2.82. The van der Waals surface area contributed by atoms with Gasteiger partial charge in [0.15, 0.2) is 18.1 Å². The Morgan fingerprint density at radius 3 is 2.32 bits per heavy atom. The van der Waals surface area contributed by atoms with Crippen LogP contribution in [0.25, 0.3) is 0 Å². The molecule has 0 bridgehead atoms. The summed E-state index contributed by atoms with van der Waals surface area (Å²) in [5, 5.41) is 2.76. The van der Waals surface area contributed by atoms with Crippen molar-refractivity contribution in [2.75, 3.05) is 44.1 Å². The third kappa shape index (κ3) is 6.64. The largest absolute Gasteiger partial charge is 0.493 e. The highest BCUT2D eigenvalue weighted by Crippen LogP contribution is 2.28. The molecule has 0 aliphatic carbocycles. The Balaban J connectivity index is 1.40. The van der Waals surface area contributed by atoms with Crippen molar-refractivity contribution in [3.8, 4) is 11.5 Å². The molecule has 31 heavy (non-hydrogen) atoms. The van der Waals surface area contributed by atoms with E-state index in [1.54, 1.807) is 20.3 Å². The SMILES string of the molecule is COc1ccc(CCC(=O)OCC(=O)Nc2ccc(N3CCCCC3)cc2)cc1OC. The lowest BCUT2D eigenvalue weighted by Crippen LogP contribution is -2.29. The molecule has 3 rings (SSSR count). The minimum Gasteiger partial charge on any atom is -0.493 e. The number of hydrogen-bond acceptors (Lipinski definition) is 6. The van der Waals surface area contributed by atoms with Crippen molar-refractivity contribution in [2.45, 2.75) is 32.1 Å². The normalized spacial score (nSPS) is 13.4. The molecule has 1 saturated heterocycles. The van der Waals surface area contributed by atoms with Gasteiger partial charge in [-0.1, -0.05) is 6.07 Å². The second-order valence-corrected chi connectivity index (χ2v) is 7.49. The molecular formula is C24H30N2O5. The molecule has 1 heterocycles. The van der Waals surface area contributed by atoms with Gasteiger partial charge in [0, 0.05) is 30.9 Å². The Hall–Kier alpha value is -3.22. The van der Waals surface area contributed by atoms with Gasteiger partial charge in [0.1, 0.15) is 0 Å². The maximum Gasteiger partial charge on any atom is 0.306 e. The number of anilines is 2. The van der Waals surface area contributed by atoms with Crippen LogP contribution in [-0.2, 0) is 20.7 Å². The molecule has 1 amide bonds. The zero-order valence-corrected chi connectivity index (χ0v) is 18.2. The van der Waals surface area contributed by atoms with E-state index < -0.39 is 5.97 Å². The van der Waals surface area contributed by atoms with E-state index in [2.05, 4.69) is 10.2 Å². The Kier molecular flexibility index (Phi) is 8.15. The number of methoxy groups -OCH3 is 2. The molecule has 7 nitrogen and oxygen atoms in total. The third-order valence-electron chi connectivity index (χ3n) is 5.30. The van der Waals surface area contributed by atoms with Crippen molar-refractivity contribution < 1.29 is 23.8 Å². The van der Waals surface area contributed by atoms with Gasteiger partial charge in [-0.25, -0.2) is 0 Å². The van der Waals surface area contributed by atoms with Gasteiger partial charge in [0.2, 0.25) is 0 Å². The van der Waals surface area contributed by atoms with Crippen molar-refractivity contribution in [1.29, 1.82) is 0 Å². The van der Waals surface area contributed by atoms with E-state index >= 15 is 0 Å². The van der Waals surface area contributed by atoms with Crippen LogP contribution in [-0.4, -0.2) is 45.8 Å². The average molecular weight is 427 g/mol. The van der Waals surface area contributed by atoms with Crippen LogP contribution in [0.3, 0.4) is 0 Å². The van der Waals surface area contributed by atoms with Crippen LogP contribution in [0.1, 0.15) is 31.2 Å². The highest BCUT2D eigenvalue weighted by Gasteiger charge is 2.12. The van der Waals surface area contributed by atoms with Gasteiger partial charge in [0.05, 0.1) is 14.2 Å². The van der Waals surface area contributed by atoms with E-state index in [1.807, 2.05) is 36.4 Å². The van der Waals surface area contributed by atoms with Crippen LogP contribution in [0.15, 0.2) is 42.5 Å². The minimum absolute atomic E-state index is 0.174. The highest BCUT2D eigenvalue weighted by molar-refractivity contribution is 5.93. The summed E-state index contributed by atoms with van der Waals surface area (Å²) >= 11 is 0. The number of carbonyl (C=O) groups excluding carboxylic acids is 2. The summed E-state index contributed by atoms with van der Waals surface area (Å²) in [6.07, 6.45) is 4.38. The van der Waals surface area contributed by atoms with Crippen LogP contribution in [0, 0.1) is 0 Å². The Labute approximate surface area is 183 Å². The zero-order chi connectivity index (χ0) is 22.1. The second kappa shape index (κ2) is 11.2. The van der Waals surface area contributed by atoms with E-state index in [0.29, 0.717) is 23.6 Å². The molecule has 0 aromatic heterocycles. The first-order chi connectivity index (χ1) is 15.1. The maximum atomic E-state index is 12.1. The number of ether oxygens (including phenoxy) is 3. The predicted molar refractivity (Wildman–Crippen MR) is 120 cm³/mol. The molecule has 1 aliphatic rings. The van der Waals surface area contributed by atoms with Gasteiger partial charge in [-0.3, -0.25) is 9.59 Å². The first-order valence-corrected chi connectivity index (χ1v) is 10.6. The topological polar surface area (TPSA) is 77.1 Å². The number of esters is 1. The lowest BCUT2D eigenvalue weighted by molar-refractivity contribution is -0.147. The molecule has 1 fully saturated rings. The van der Waals surface area contributed by atoms with Crippen LogP contribution in [0.2, 0.25) is 0 Å². The standard InChI is InChI=1S/C24H30N2O5/c1-29-21-12-6-18(16-22(21)30-2)7-13-24(28)31-17-23(27)25-19-8-10-20(11-9-19)26-14-4-3-5-15-26/h6,8-12,16H,3-5,7,13-15,17H2,1-2H3,(H,25,27). The zero-order valence-electron chi connectivity index (χ0n) is 18.2. The molecule has 166 valence electrons. The fraction of sp³-hybridized carbons (Fsp3) is 0.417. The van der Waals surface area contributed by atoms with Crippen LogP contribution >= 0.6 is 0 Å². The van der Waals surface area contributed by atoms with Crippen molar-refractivity contribution in [3.05, 3.63) is 48.0 Å². The number of nitrogens with zero attached hydrogens (tertiary/aromatic N) is 1. The number of hydrogen-bond donors (Lipinski definition) is 1. The van der Waals surface area contributed by atoms with E-state index in [4.69, 9.17) is 14.2 Å². The summed E-state index contributed by atoms with van der Waals surface area (Å²) in [5.74, 6) is 0.462. The molecule has 0 spiro atoms. The van der Waals surface area contributed by atoms with E-state index in [1.165, 1.54) is 24.9 Å². The summed E-state index contributed by atoms with van der Waals surface area (Å²) < 4.78 is 15.6. The number of amides is 1. The number of piperidine rings is 1. The van der Waals surface area contributed by atoms with Gasteiger partial charge in [0.25, 0.3) is 5.91 Å². The van der Waals surface area contributed by atoms with Gasteiger partial charge in [-0.05, 0) is 67.6 Å². The summed E-state index contributed by atoms with van der Waals surface area (Å²) in [7, 11) is 3.14. The summed E-state index contributed by atoms with van der Waals surface area (Å²) in [4.78, 5) is 26.5. The van der Waals surface area contributed by atoms with Crippen molar-refractivity contribution in [3.63, 3.8) is 0 Å². The molecule has 0 radical (unpaired) electrons. The number of nitrogens with one attached hydrogen (secondary N) is 1. The summed E-state index contributed by atoms with van der Waals surface area (Å²) in [5.41, 5.74) is 2.78. The van der Waals surface area contributed by atoms with Gasteiger partial charge in [-0.15, -0.1) is 0 Å². The molecule has 0 unspecified atom stereocenters. The lowest BCUT2D eigenvalue weighted by atomic mass is 10.1. The Morgan fingerprint density at radius 2 is 1.65 bits per heavy atom. The van der Waals surface area contributed by atoms with E-state index in [-0.39, 0.29) is 18.9 Å². The minimum atomic E-state index is -0.426. The van der Waals surface area contributed by atoms with Gasteiger partial charge >= 0.3 is 5.97 Å². The quantitative estimate of drug-likeness (QED) is 0.615.